The molecule has 0 bridgehead atoms. The summed E-state index contributed by atoms with van der Waals surface area (Å²) in [5.41, 5.74) is 2.01. The molecule has 0 aromatic heterocycles. The number of halogens is 1. The summed E-state index contributed by atoms with van der Waals surface area (Å²) in [6.07, 6.45) is 4.27. The Morgan fingerprint density at radius 3 is 2.25 bits per heavy atom. The van der Waals surface area contributed by atoms with Crippen molar-refractivity contribution in [1.29, 1.82) is 0 Å². The fraction of sp³-hybridized carbons (Fsp3) is 0.364. The lowest BCUT2D eigenvalue weighted by molar-refractivity contribution is 0.0793. The molecule has 2 aromatic rings. The molecular formula is C22H24FN3O2. The maximum absolute atomic E-state index is 13.9. The van der Waals surface area contributed by atoms with E-state index in [1.807, 2.05) is 11.0 Å². The standard InChI is InChI=1S/C22H24FN3O2/c23-19-8-2-1-7-17(19)21(27)24-16-9-10-20(25-11-3-4-12-25)18(15-16)22(28)26-13-5-6-14-26/h1-2,7-10,15H,3-6,11-14H2,(H,24,27). The number of hydrogen-bond acceptors (Lipinski definition) is 3. The Morgan fingerprint density at radius 2 is 1.54 bits per heavy atom. The van der Waals surface area contributed by atoms with Gasteiger partial charge in [-0.3, -0.25) is 9.59 Å². The third-order valence-corrected chi connectivity index (χ3v) is 5.44. The molecule has 0 saturated carbocycles. The molecule has 28 heavy (non-hydrogen) atoms. The molecule has 0 aliphatic carbocycles. The summed E-state index contributed by atoms with van der Waals surface area (Å²) in [4.78, 5) is 29.7. The average molecular weight is 381 g/mol. The van der Waals surface area contributed by atoms with Gasteiger partial charge < -0.3 is 15.1 Å². The maximum atomic E-state index is 13.9. The molecule has 2 heterocycles. The molecule has 1 N–H and O–H groups in total. The van der Waals surface area contributed by atoms with Crippen LogP contribution in [0.15, 0.2) is 42.5 Å². The topological polar surface area (TPSA) is 52.7 Å². The van der Waals surface area contributed by atoms with Crippen LogP contribution in [0, 0.1) is 5.82 Å². The molecule has 0 unspecified atom stereocenters. The molecule has 2 aliphatic heterocycles. The lowest BCUT2D eigenvalue weighted by Crippen LogP contribution is -2.30. The number of anilines is 2. The van der Waals surface area contributed by atoms with E-state index >= 15 is 0 Å². The van der Waals surface area contributed by atoms with Crippen molar-refractivity contribution >= 4 is 23.2 Å². The molecule has 146 valence electrons. The van der Waals surface area contributed by atoms with Crippen molar-refractivity contribution < 1.29 is 14.0 Å². The number of benzene rings is 2. The van der Waals surface area contributed by atoms with Gasteiger partial charge in [-0.1, -0.05) is 12.1 Å². The Hall–Kier alpha value is -2.89. The van der Waals surface area contributed by atoms with Gasteiger partial charge >= 0.3 is 0 Å². The van der Waals surface area contributed by atoms with E-state index in [0.717, 1.165) is 57.5 Å². The van der Waals surface area contributed by atoms with E-state index in [-0.39, 0.29) is 11.5 Å². The van der Waals surface area contributed by atoms with Gasteiger partial charge in [0.1, 0.15) is 5.82 Å². The number of nitrogens with one attached hydrogen (secondary N) is 1. The van der Waals surface area contributed by atoms with E-state index in [4.69, 9.17) is 0 Å². The zero-order valence-corrected chi connectivity index (χ0v) is 15.8. The van der Waals surface area contributed by atoms with Crippen molar-refractivity contribution in [2.45, 2.75) is 25.7 Å². The second kappa shape index (κ2) is 8.00. The molecular weight excluding hydrogens is 357 g/mol. The summed E-state index contributed by atoms with van der Waals surface area (Å²) in [5, 5.41) is 2.73. The smallest absolute Gasteiger partial charge is 0.258 e. The highest BCUT2D eigenvalue weighted by Crippen LogP contribution is 2.29. The number of rotatable bonds is 4. The predicted octanol–water partition coefficient (Wildman–Crippen LogP) is 3.91. The lowest BCUT2D eigenvalue weighted by Gasteiger charge is -2.24. The Morgan fingerprint density at radius 1 is 0.857 bits per heavy atom. The minimum atomic E-state index is -0.568. The van der Waals surface area contributed by atoms with E-state index in [1.165, 1.54) is 12.1 Å². The first kappa shape index (κ1) is 18.5. The third kappa shape index (κ3) is 3.72. The first-order chi connectivity index (χ1) is 13.6. The van der Waals surface area contributed by atoms with Gasteiger partial charge in [-0.05, 0) is 56.0 Å². The van der Waals surface area contributed by atoms with Crippen LogP contribution >= 0.6 is 0 Å². The molecule has 2 amide bonds. The van der Waals surface area contributed by atoms with Gasteiger partial charge in [0.05, 0.1) is 11.1 Å². The van der Waals surface area contributed by atoms with E-state index in [0.29, 0.717) is 11.3 Å². The van der Waals surface area contributed by atoms with Gasteiger partial charge in [0.15, 0.2) is 0 Å². The third-order valence-electron chi connectivity index (χ3n) is 5.44. The van der Waals surface area contributed by atoms with Gasteiger partial charge in [0, 0.05) is 37.6 Å². The Labute approximate surface area is 164 Å². The van der Waals surface area contributed by atoms with Crippen LogP contribution in [0.1, 0.15) is 46.4 Å². The fourth-order valence-electron chi connectivity index (χ4n) is 3.95. The normalized spacial score (nSPS) is 16.5. The van der Waals surface area contributed by atoms with Gasteiger partial charge in [-0.25, -0.2) is 4.39 Å². The van der Waals surface area contributed by atoms with Crippen molar-refractivity contribution in [2.75, 3.05) is 36.4 Å². The van der Waals surface area contributed by atoms with Crippen molar-refractivity contribution in [1.82, 2.24) is 4.90 Å². The van der Waals surface area contributed by atoms with Gasteiger partial charge in [-0.15, -0.1) is 0 Å². The van der Waals surface area contributed by atoms with Gasteiger partial charge in [0.25, 0.3) is 11.8 Å². The second-order valence-electron chi connectivity index (χ2n) is 7.36. The number of carbonyl (C=O) groups excluding carboxylic acids is 2. The SMILES string of the molecule is O=C(Nc1ccc(N2CCCC2)c(C(=O)N2CCCC2)c1)c1ccccc1F. The summed E-state index contributed by atoms with van der Waals surface area (Å²) in [6.45, 7) is 3.40. The van der Waals surface area contributed by atoms with Crippen LogP contribution in [-0.4, -0.2) is 42.9 Å². The monoisotopic (exact) mass is 381 g/mol. The molecule has 2 aliphatic rings. The summed E-state index contributed by atoms with van der Waals surface area (Å²) in [7, 11) is 0. The summed E-state index contributed by atoms with van der Waals surface area (Å²) >= 11 is 0. The van der Waals surface area contributed by atoms with Crippen molar-refractivity contribution in [3.63, 3.8) is 0 Å². The fourth-order valence-corrected chi connectivity index (χ4v) is 3.95. The van der Waals surface area contributed by atoms with Crippen LogP contribution in [-0.2, 0) is 0 Å². The highest BCUT2D eigenvalue weighted by atomic mass is 19.1. The quantitative estimate of drug-likeness (QED) is 0.874. The summed E-state index contributed by atoms with van der Waals surface area (Å²) in [6, 6.07) is 11.3. The van der Waals surface area contributed by atoms with E-state index < -0.39 is 11.7 Å². The number of nitrogens with zero attached hydrogens (tertiary/aromatic N) is 2. The highest BCUT2D eigenvalue weighted by molar-refractivity contribution is 6.06. The van der Waals surface area contributed by atoms with Crippen LogP contribution in [0.5, 0.6) is 0 Å². The number of amides is 2. The highest BCUT2D eigenvalue weighted by Gasteiger charge is 2.26. The molecule has 5 nitrogen and oxygen atoms in total. The molecule has 0 atom stereocenters. The number of carbonyl (C=O) groups is 2. The van der Waals surface area contributed by atoms with Crippen LogP contribution in [0.2, 0.25) is 0 Å². The first-order valence-corrected chi connectivity index (χ1v) is 9.87. The zero-order chi connectivity index (χ0) is 19.5. The average Bonchev–Trinajstić information content (AvgIpc) is 3.42. The van der Waals surface area contributed by atoms with Gasteiger partial charge in [-0.2, -0.15) is 0 Å². The molecule has 0 spiro atoms. The van der Waals surface area contributed by atoms with Gasteiger partial charge in [0.2, 0.25) is 0 Å². The summed E-state index contributed by atoms with van der Waals surface area (Å²) < 4.78 is 13.9. The van der Waals surface area contributed by atoms with Crippen LogP contribution in [0.3, 0.4) is 0 Å². The summed E-state index contributed by atoms with van der Waals surface area (Å²) in [5.74, 6) is -1.09. The number of likely N-dealkylation sites (tertiary alicyclic amines) is 1. The Kier molecular flexibility index (Phi) is 5.28. The van der Waals surface area contributed by atoms with E-state index in [2.05, 4.69) is 10.2 Å². The molecule has 0 radical (unpaired) electrons. The molecule has 4 rings (SSSR count). The molecule has 6 heteroatoms. The Balaban J connectivity index is 1.63. The van der Waals surface area contributed by atoms with Crippen molar-refractivity contribution in [2.24, 2.45) is 0 Å². The largest absolute Gasteiger partial charge is 0.371 e. The van der Waals surface area contributed by atoms with Crippen molar-refractivity contribution in [3.8, 4) is 0 Å². The number of hydrogen-bond donors (Lipinski definition) is 1. The maximum Gasteiger partial charge on any atom is 0.258 e. The van der Waals surface area contributed by atoms with E-state index in [9.17, 15) is 14.0 Å². The minimum Gasteiger partial charge on any atom is -0.371 e. The van der Waals surface area contributed by atoms with Crippen molar-refractivity contribution in [3.05, 3.63) is 59.4 Å². The molecule has 2 saturated heterocycles. The second-order valence-corrected chi connectivity index (χ2v) is 7.36. The van der Waals surface area contributed by atoms with Crippen LogP contribution in [0.25, 0.3) is 0 Å². The Bertz CT molecular complexity index is 887. The van der Waals surface area contributed by atoms with Crippen LogP contribution in [0.4, 0.5) is 15.8 Å². The minimum absolute atomic E-state index is 0.00129. The molecule has 2 fully saturated rings. The predicted molar refractivity (Wildman–Crippen MR) is 107 cm³/mol. The zero-order valence-electron chi connectivity index (χ0n) is 15.8. The first-order valence-electron chi connectivity index (χ1n) is 9.87. The van der Waals surface area contributed by atoms with Crippen LogP contribution < -0.4 is 10.2 Å². The van der Waals surface area contributed by atoms with E-state index in [1.54, 1.807) is 24.3 Å². The lowest BCUT2D eigenvalue weighted by atomic mass is 10.1. The molecule has 2 aromatic carbocycles.